The summed E-state index contributed by atoms with van der Waals surface area (Å²) >= 11 is 0. The molecule has 0 amide bonds. The zero-order valence-corrected chi connectivity index (χ0v) is 14.3. The highest BCUT2D eigenvalue weighted by atomic mass is 16.5. The van der Waals surface area contributed by atoms with Gasteiger partial charge in [0.2, 0.25) is 17.4 Å². The van der Waals surface area contributed by atoms with Crippen molar-refractivity contribution in [3.8, 4) is 17.5 Å². The van der Waals surface area contributed by atoms with Crippen LogP contribution in [0.2, 0.25) is 0 Å². The highest BCUT2D eigenvalue weighted by molar-refractivity contribution is 6.61. The van der Waals surface area contributed by atoms with Crippen molar-refractivity contribution in [2.45, 2.75) is 26.4 Å². The summed E-state index contributed by atoms with van der Waals surface area (Å²) in [5.41, 5.74) is 1.86. The number of hydrogen-bond donors (Lipinski definition) is 1. The van der Waals surface area contributed by atoms with E-state index in [9.17, 15) is 9.82 Å². The van der Waals surface area contributed by atoms with Crippen LogP contribution in [-0.2, 0) is 16.1 Å². The lowest BCUT2D eigenvalue weighted by atomic mass is 9.80. The van der Waals surface area contributed by atoms with Crippen LogP contribution in [0, 0.1) is 6.57 Å². The number of aromatic nitrogens is 1. The maximum atomic E-state index is 11.0. The lowest BCUT2D eigenvalue weighted by molar-refractivity contribution is -0.117. The van der Waals surface area contributed by atoms with Crippen molar-refractivity contribution in [1.29, 1.82) is 0 Å². The quantitative estimate of drug-likeness (QED) is 0.468. The van der Waals surface area contributed by atoms with Crippen molar-refractivity contribution in [3.63, 3.8) is 0 Å². The van der Waals surface area contributed by atoms with Gasteiger partial charge in [0.1, 0.15) is 11.5 Å². The van der Waals surface area contributed by atoms with Crippen molar-refractivity contribution < 1.29 is 23.9 Å². The molecule has 1 aliphatic rings. The highest BCUT2D eigenvalue weighted by Crippen LogP contribution is 2.30. The smallest absolute Gasteiger partial charge is 0.486 e. The molecule has 8 heteroatoms. The molecule has 2 aromatic rings. The van der Waals surface area contributed by atoms with E-state index in [2.05, 4.69) is 9.83 Å². The predicted octanol–water partition coefficient (Wildman–Crippen LogP) is 2.39. The number of rotatable bonds is 7. The monoisotopic (exact) mass is 352 g/mol. The summed E-state index contributed by atoms with van der Waals surface area (Å²) in [4.78, 5) is 18.6. The van der Waals surface area contributed by atoms with Crippen LogP contribution < -0.4 is 14.9 Å². The van der Waals surface area contributed by atoms with Crippen molar-refractivity contribution in [3.05, 3.63) is 47.3 Å². The van der Waals surface area contributed by atoms with Crippen LogP contribution in [0.15, 0.2) is 30.3 Å². The first kappa shape index (κ1) is 17.9. The van der Waals surface area contributed by atoms with E-state index in [0.717, 1.165) is 11.0 Å². The fraction of sp³-hybridized carbons (Fsp3) is 0.278. The van der Waals surface area contributed by atoms with Gasteiger partial charge < -0.3 is 23.9 Å². The average molecular weight is 352 g/mol. The van der Waals surface area contributed by atoms with Crippen LogP contribution >= 0.6 is 0 Å². The molecule has 3 rings (SSSR count). The minimum Gasteiger partial charge on any atom is -0.486 e. The summed E-state index contributed by atoms with van der Waals surface area (Å²) in [6.07, 6.45) is 0.985. The molecule has 0 unspecified atom stereocenters. The number of pyridine rings is 1. The molecule has 0 fully saturated rings. The minimum atomic E-state index is -0.898. The molecule has 1 N–H and O–H groups in total. The maximum Gasteiger partial charge on any atom is 0.491 e. The Labute approximate surface area is 151 Å². The second-order valence-electron chi connectivity index (χ2n) is 5.87. The molecule has 0 spiro atoms. The van der Waals surface area contributed by atoms with Crippen LogP contribution in [-0.4, -0.2) is 29.5 Å². The van der Waals surface area contributed by atoms with Crippen LogP contribution in [0.3, 0.4) is 0 Å². The highest BCUT2D eigenvalue weighted by Gasteiger charge is 2.27. The van der Waals surface area contributed by atoms with Crippen molar-refractivity contribution in [2.75, 3.05) is 6.61 Å². The minimum absolute atomic E-state index is 0.0924. The molecule has 1 aromatic heterocycles. The molecule has 0 atom stereocenters. The van der Waals surface area contributed by atoms with E-state index in [1.807, 2.05) is 0 Å². The van der Waals surface area contributed by atoms with Crippen LogP contribution in [0.5, 0.6) is 17.5 Å². The first-order valence-electron chi connectivity index (χ1n) is 8.18. The molecule has 0 bridgehead atoms. The van der Waals surface area contributed by atoms with Gasteiger partial charge in [0.15, 0.2) is 0 Å². The predicted molar refractivity (Wildman–Crippen MR) is 94.8 cm³/mol. The van der Waals surface area contributed by atoms with Crippen LogP contribution in [0.25, 0.3) is 4.85 Å². The first-order chi connectivity index (χ1) is 12.6. The Kier molecular flexibility index (Phi) is 5.51. The van der Waals surface area contributed by atoms with Gasteiger partial charge in [0.25, 0.3) is 0 Å². The van der Waals surface area contributed by atoms with Crippen molar-refractivity contribution >= 4 is 24.1 Å². The summed E-state index contributed by atoms with van der Waals surface area (Å²) in [6.45, 7) is 9.35. The fourth-order valence-corrected chi connectivity index (χ4v) is 2.54. The SMILES string of the molecule is [C-]#[N+]c1ccc(Oc2ccc3c(c2)COB3O)nc1OCCCC(C)=O. The molecular weight excluding hydrogens is 335 g/mol. The largest absolute Gasteiger partial charge is 0.491 e. The molecule has 0 radical (unpaired) electrons. The third-order valence-electron chi connectivity index (χ3n) is 3.85. The normalized spacial score (nSPS) is 12.4. The number of hydrogen-bond acceptors (Lipinski definition) is 6. The van der Waals surface area contributed by atoms with Crippen molar-refractivity contribution in [1.82, 2.24) is 4.98 Å². The standard InChI is InChI=1S/C18H17BN2O5/c1-12(22)4-3-9-24-18-16(20-2)7-8-17(21-18)26-14-5-6-15-13(10-14)11-25-19(15)23/h5-8,10,23H,3-4,9,11H2,1H3. The summed E-state index contributed by atoms with van der Waals surface area (Å²) in [6, 6.07) is 8.41. The summed E-state index contributed by atoms with van der Waals surface area (Å²) < 4.78 is 16.4. The van der Waals surface area contributed by atoms with Gasteiger partial charge in [-0.05, 0) is 48.6 Å². The van der Waals surface area contributed by atoms with Crippen molar-refractivity contribution in [2.24, 2.45) is 0 Å². The van der Waals surface area contributed by atoms with E-state index in [1.165, 1.54) is 6.92 Å². The second kappa shape index (κ2) is 8.00. The zero-order valence-electron chi connectivity index (χ0n) is 14.3. The summed E-state index contributed by atoms with van der Waals surface area (Å²) in [7, 11) is -0.898. The van der Waals surface area contributed by atoms with Gasteiger partial charge in [-0.3, -0.25) is 0 Å². The van der Waals surface area contributed by atoms with E-state index >= 15 is 0 Å². The number of ether oxygens (including phenoxy) is 2. The molecule has 132 valence electrons. The Morgan fingerprint density at radius 1 is 1.42 bits per heavy atom. The van der Waals surface area contributed by atoms with Gasteiger partial charge in [0.05, 0.1) is 19.8 Å². The number of carbonyl (C=O) groups excluding carboxylic acids is 1. The third-order valence-corrected chi connectivity index (χ3v) is 3.85. The van der Waals surface area contributed by atoms with Gasteiger partial charge in [-0.15, -0.1) is 0 Å². The van der Waals surface area contributed by atoms with E-state index in [0.29, 0.717) is 37.7 Å². The topological polar surface area (TPSA) is 82.2 Å². The Bertz CT molecular complexity index is 865. The summed E-state index contributed by atoms with van der Waals surface area (Å²) in [5, 5.41) is 9.65. The van der Waals surface area contributed by atoms with Gasteiger partial charge in [-0.2, -0.15) is 4.98 Å². The lowest BCUT2D eigenvalue weighted by Crippen LogP contribution is -2.27. The molecule has 1 aliphatic heterocycles. The van der Waals surface area contributed by atoms with E-state index in [-0.39, 0.29) is 17.4 Å². The van der Waals surface area contributed by atoms with Crippen LogP contribution in [0.1, 0.15) is 25.3 Å². The molecule has 26 heavy (non-hydrogen) atoms. The molecule has 2 heterocycles. The lowest BCUT2D eigenvalue weighted by Gasteiger charge is -2.10. The first-order valence-corrected chi connectivity index (χ1v) is 8.18. The number of benzene rings is 1. The molecule has 0 saturated carbocycles. The zero-order chi connectivity index (χ0) is 18.5. The Morgan fingerprint density at radius 3 is 3.04 bits per heavy atom. The third kappa shape index (κ3) is 4.20. The Balaban J connectivity index is 1.71. The van der Waals surface area contributed by atoms with Crippen LogP contribution in [0.4, 0.5) is 5.69 Å². The Morgan fingerprint density at radius 2 is 2.27 bits per heavy atom. The molecule has 1 aromatic carbocycles. The van der Waals surface area contributed by atoms with E-state index in [4.69, 9.17) is 20.7 Å². The van der Waals surface area contributed by atoms with Gasteiger partial charge in [0, 0.05) is 6.42 Å². The van der Waals surface area contributed by atoms with E-state index in [1.54, 1.807) is 30.3 Å². The number of nitrogens with zero attached hydrogens (tertiary/aromatic N) is 2. The fourth-order valence-electron chi connectivity index (χ4n) is 2.54. The number of ketones is 1. The summed E-state index contributed by atoms with van der Waals surface area (Å²) in [5.74, 6) is 1.11. The van der Waals surface area contributed by atoms with E-state index < -0.39 is 7.12 Å². The molecule has 0 aliphatic carbocycles. The number of carbonyl (C=O) groups is 1. The van der Waals surface area contributed by atoms with Gasteiger partial charge >= 0.3 is 7.12 Å². The second-order valence-corrected chi connectivity index (χ2v) is 5.87. The molecule has 0 saturated heterocycles. The van der Waals surface area contributed by atoms with Gasteiger partial charge in [-0.1, -0.05) is 6.07 Å². The van der Waals surface area contributed by atoms with Gasteiger partial charge in [-0.25, -0.2) is 4.85 Å². The number of fused-ring (bicyclic) bond motifs is 1. The molecular formula is C18H17BN2O5. The maximum absolute atomic E-state index is 11.0. The average Bonchev–Trinajstić information content (AvgIpc) is 2.99. The Hall–Kier alpha value is -2.89. The number of Topliss-reactive ketones (excluding diaryl/α,β-unsaturated/α-hetero) is 1. The molecule has 7 nitrogen and oxygen atoms in total.